The standard InChI is InChI=1S/C25H35NO/c1-25-13-11-22-21-9-7-20(27)17-18(21)5-8-23(22)24(25)10-6-19(25)12-16-26-14-3-2-4-15-26/h5,8,12,16-17,19,21-24H,2-4,6-7,9-11,13-15H2,1H3/b16-12-. The summed E-state index contributed by atoms with van der Waals surface area (Å²) in [6, 6.07) is 0. The average molecular weight is 366 g/mol. The molecule has 2 saturated carbocycles. The van der Waals surface area contributed by atoms with Gasteiger partial charge >= 0.3 is 0 Å². The minimum Gasteiger partial charge on any atom is -0.378 e. The van der Waals surface area contributed by atoms with Crippen LogP contribution in [0.5, 0.6) is 0 Å². The van der Waals surface area contributed by atoms with E-state index in [4.69, 9.17) is 0 Å². The molecular formula is C25H35NO. The number of allylic oxidation sites excluding steroid dienone is 5. The van der Waals surface area contributed by atoms with Crippen LogP contribution in [0.3, 0.4) is 0 Å². The second kappa shape index (κ2) is 6.94. The third-order valence-electron chi connectivity index (χ3n) is 8.86. The van der Waals surface area contributed by atoms with Crippen molar-refractivity contribution in [3.63, 3.8) is 0 Å². The van der Waals surface area contributed by atoms with Gasteiger partial charge < -0.3 is 4.90 Å². The first-order valence-electron chi connectivity index (χ1n) is 11.5. The SMILES string of the molecule is CC12CCC3C4CCC(=O)C=C4C=CC3C1CCC2/C=C\N1CCCCC1. The van der Waals surface area contributed by atoms with E-state index in [2.05, 4.69) is 36.3 Å². The van der Waals surface area contributed by atoms with Gasteiger partial charge in [-0.3, -0.25) is 4.79 Å². The van der Waals surface area contributed by atoms with Crippen molar-refractivity contribution < 1.29 is 4.79 Å². The number of hydrogen-bond donors (Lipinski definition) is 0. The van der Waals surface area contributed by atoms with E-state index >= 15 is 0 Å². The minimum absolute atomic E-state index is 0.341. The number of nitrogens with zero attached hydrogens (tertiary/aromatic N) is 1. The Labute approximate surface area is 164 Å². The van der Waals surface area contributed by atoms with Gasteiger partial charge in [-0.2, -0.15) is 0 Å². The van der Waals surface area contributed by atoms with Crippen LogP contribution >= 0.6 is 0 Å². The molecule has 6 unspecified atom stereocenters. The molecule has 0 amide bonds. The molecule has 0 spiro atoms. The molecule has 0 bridgehead atoms. The van der Waals surface area contributed by atoms with E-state index in [0.717, 1.165) is 36.5 Å². The van der Waals surface area contributed by atoms with Gasteiger partial charge in [0.2, 0.25) is 0 Å². The number of rotatable bonds is 2. The largest absolute Gasteiger partial charge is 0.378 e. The molecule has 1 heterocycles. The van der Waals surface area contributed by atoms with Crippen LogP contribution in [0.25, 0.3) is 0 Å². The molecule has 4 aliphatic carbocycles. The summed E-state index contributed by atoms with van der Waals surface area (Å²) in [7, 11) is 0. The van der Waals surface area contributed by atoms with Gasteiger partial charge in [-0.25, -0.2) is 0 Å². The highest BCUT2D eigenvalue weighted by molar-refractivity contribution is 5.91. The van der Waals surface area contributed by atoms with Crippen LogP contribution < -0.4 is 0 Å². The summed E-state index contributed by atoms with van der Waals surface area (Å²) in [6.45, 7) is 5.11. The quantitative estimate of drug-likeness (QED) is 0.642. The van der Waals surface area contributed by atoms with Gasteiger partial charge in [-0.05, 0) is 104 Å². The van der Waals surface area contributed by atoms with Gasteiger partial charge in [0.1, 0.15) is 0 Å². The van der Waals surface area contributed by atoms with E-state index < -0.39 is 0 Å². The van der Waals surface area contributed by atoms with Crippen LogP contribution in [0.1, 0.15) is 64.7 Å². The molecule has 0 aromatic carbocycles. The predicted octanol–water partition coefficient (Wildman–Crippen LogP) is 5.52. The third-order valence-corrected chi connectivity index (χ3v) is 8.86. The van der Waals surface area contributed by atoms with E-state index in [1.165, 1.54) is 63.6 Å². The first kappa shape index (κ1) is 17.8. The summed E-state index contributed by atoms with van der Waals surface area (Å²) in [4.78, 5) is 14.4. The average Bonchev–Trinajstić information content (AvgIpc) is 3.03. The fourth-order valence-corrected chi connectivity index (χ4v) is 7.31. The highest BCUT2D eigenvalue weighted by Gasteiger charge is 2.54. The van der Waals surface area contributed by atoms with E-state index in [0.29, 0.717) is 17.1 Å². The zero-order valence-electron chi connectivity index (χ0n) is 16.9. The van der Waals surface area contributed by atoms with E-state index in [-0.39, 0.29) is 0 Å². The molecule has 2 nitrogen and oxygen atoms in total. The van der Waals surface area contributed by atoms with Gasteiger partial charge in [-0.1, -0.05) is 25.2 Å². The van der Waals surface area contributed by atoms with Crippen LogP contribution in [0.4, 0.5) is 0 Å². The Hall–Kier alpha value is -1.31. The van der Waals surface area contributed by atoms with Crippen molar-refractivity contribution in [1.29, 1.82) is 0 Å². The maximum absolute atomic E-state index is 11.8. The number of likely N-dealkylation sites (tertiary alicyclic amines) is 1. The maximum Gasteiger partial charge on any atom is 0.155 e. The first-order chi connectivity index (χ1) is 13.1. The number of piperidine rings is 1. The Bertz CT molecular complexity index is 682. The number of hydrogen-bond acceptors (Lipinski definition) is 2. The van der Waals surface area contributed by atoms with Crippen molar-refractivity contribution >= 4 is 5.78 Å². The minimum atomic E-state index is 0.341. The number of carbonyl (C=O) groups is 1. The summed E-state index contributed by atoms with van der Waals surface area (Å²) in [6.07, 6.45) is 23.3. The lowest BCUT2D eigenvalue weighted by molar-refractivity contribution is -0.115. The Morgan fingerprint density at radius 2 is 1.96 bits per heavy atom. The molecule has 1 saturated heterocycles. The molecule has 5 rings (SSSR count). The van der Waals surface area contributed by atoms with Gasteiger partial charge in [0.15, 0.2) is 5.78 Å². The molecule has 146 valence electrons. The van der Waals surface area contributed by atoms with Crippen molar-refractivity contribution in [2.75, 3.05) is 13.1 Å². The van der Waals surface area contributed by atoms with Gasteiger partial charge in [0.25, 0.3) is 0 Å². The maximum atomic E-state index is 11.8. The van der Waals surface area contributed by atoms with Crippen LogP contribution in [-0.2, 0) is 4.79 Å². The van der Waals surface area contributed by atoms with Gasteiger partial charge in [0.05, 0.1) is 0 Å². The monoisotopic (exact) mass is 365 g/mol. The summed E-state index contributed by atoms with van der Waals surface area (Å²) in [5.74, 6) is 4.12. The van der Waals surface area contributed by atoms with Crippen molar-refractivity contribution in [2.45, 2.75) is 64.7 Å². The van der Waals surface area contributed by atoms with Gasteiger partial charge in [-0.15, -0.1) is 0 Å². The molecule has 3 fully saturated rings. The smallest absolute Gasteiger partial charge is 0.155 e. The number of ketones is 1. The van der Waals surface area contributed by atoms with Crippen molar-refractivity contribution in [3.8, 4) is 0 Å². The molecule has 0 radical (unpaired) electrons. The lowest BCUT2D eigenvalue weighted by Crippen LogP contribution is -2.44. The van der Waals surface area contributed by atoms with E-state index in [1.54, 1.807) is 0 Å². The fourth-order valence-electron chi connectivity index (χ4n) is 7.31. The topological polar surface area (TPSA) is 20.3 Å². The Kier molecular flexibility index (Phi) is 4.57. The van der Waals surface area contributed by atoms with Crippen molar-refractivity contribution in [1.82, 2.24) is 4.90 Å². The van der Waals surface area contributed by atoms with Crippen LogP contribution in [-0.4, -0.2) is 23.8 Å². The van der Waals surface area contributed by atoms with E-state index in [1.807, 2.05) is 6.08 Å². The molecule has 0 aromatic heterocycles. The van der Waals surface area contributed by atoms with Crippen LogP contribution in [0.2, 0.25) is 0 Å². The van der Waals surface area contributed by atoms with Crippen molar-refractivity contribution in [2.24, 2.45) is 35.0 Å². The summed E-state index contributed by atoms with van der Waals surface area (Å²) in [5, 5.41) is 0. The lowest BCUT2D eigenvalue weighted by atomic mass is 9.53. The zero-order valence-corrected chi connectivity index (χ0v) is 16.9. The molecular weight excluding hydrogens is 330 g/mol. The summed E-state index contributed by atoms with van der Waals surface area (Å²) >= 11 is 0. The predicted molar refractivity (Wildman–Crippen MR) is 110 cm³/mol. The first-order valence-corrected chi connectivity index (χ1v) is 11.5. The second-order valence-electron chi connectivity index (χ2n) is 10.1. The molecule has 0 aromatic rings. The van der Waals surface area contributed by atoms with Gasteiger partial charge in [0, 0.05) is 19.5 Å². The zero-order chi connectivity index (χ0) is 18.4. The number of fused-ring (bicyclic) bond motifs is 5. The second-order valence-corrected chi connectivity index (χ2v) is 10.1. The van der Waals surface area contributed by atoms with Crippen LogP contribution in [0, 0.1) is 35.0 Å². The molecule has 6 atom stereocenters. The third kappa shape index (κ3) is 3.04. The highest BCUT2D eigenvalue weighted by Crippen LogP contribution is 2.62. The Morgan fingerprint density at radius 3 is 2.81 bits per heavy atom. The molecule has 27 heavy (non-hydrogen) atoms. The normalized spacial score (nSPS) is 44.0. The molecule has 1 aliphatic heterocycles. The summed E-state index contributed by atoms with van der Waals surface area (Å²) < 4.78 is 0. The number of carbonyl (C=O) groups excluding carboxylic acids is 1. The lowest BCUT2D eigenvalue weighted by Gasteiger charge is -2.51. The van der Waals surface area contributed by atoms with E-state index in [9.17, 15) is 4.79 Å². The fraction of sp³-hybridized carbons (Fsp3) is 0.720. The molecule has 5 aliphatic rings. The Balaban J connectivity index is 1.35. The molecule has 2 heteroatoms. The highest BCUT2D eigenvalue weighted by atomic mass is 16.1. The molecule has 0 N–H and O–H groups in total. The van der Waals surface area contributed by atoms with Crippen molar-refractivity contribution in [3.05, 3.63) is 36.1 Å². The summed E-state index contributed by atoms with van der Waals surface area (Å²) in [5.41, 5.74) is 1.82. The van der Waals surface area contributed by atoms with Crippen LogP contribution in [0.15, 0.2) is 36.1 Å². The Morgan fingerprint density at radius 1 is 1.11 bits per heavy atom.